The van der Waals surface area contributed by atoms with Gasteiger partial charge in [-0.1, -0.05) is 6.92 Å². The average molecular weight is 404 g/mol. The summed E-state index contributed by atoms with van der Waals surface area (Å²) in [6, 6.07) is 9.48. The van der Waals surface area contributed by atoms with Crippen molar-refractivity contribution >= 4 is 28.0 Å². The number of methoxy groups -OCH3 is 1. The number of hydrogen-bond acceptors (Lipinski definition) is 4. The van der Waals surface area contributed by atoms with Crippen molar-refractivity contribution in [2.75, 3.05) is 7.11 Å². The van der Waals surface area contributed by atoms with Crippen LogP contribution in [0.2, 0.25) is 0 Å². The number of benzene rings is 1. The zero-order chi connectivity index (χ0) is 21.0. The number of pyridine rings is 1. The summed E-state index contributed by atoms with van der Waals surface area (Å²) in [6.07, 6.45) is 3.37. The molecule has 7 heteroatoms. The van der Waals surface area contributed by atoms with Crippen LogP contribution in [0.25, 0.3) is 33.6 Å². The van der Waals surface area contributed by atoms with Crippen molar-refractivity contribution in [3.63, 3.8) is 0 Å². The second-order valence-electron chi connectivity index (χ2n) is 8.00. The number of carbonyl (C=O) groups is 1. The fraction of sp³-hybridized carbons (Fsp3) is 0.348. The third-order valence-corrected chi connectivity index (χ3v) is 5.93. The van der Waals surface area contributed by atoms with Gasteiger partial charge in [0.2, 0.25) is 0 Å². The minimum atomic E-state index is -0.999. The van der Waals surface area contributed by atoms with Crippen molar-refractivity contribution in [3.8, 4) is 17.3 Å². The van der Waals surface area contributed by atoms with Crippen LogP contribution in [-0.4, -0.2) is 37.3 Å². The first kappa shape index (κ1) is 18.7. The second kappa shape index (κ2) is 6.86. The molecule has 3 aromatic heterocycles. The third-order valence-electron chi connectivity index (χ3n) is 5.93. The van der Waals surface area contributed by atoms with Crippen LogP contribution in [-0.2, 0) is 20.0 Å². The molecule has 0 saturated heterocycles. The second-order valence-corrected chi connectivity index (χ2v) is 8.00. The molecule has 1 aromatic carbocycles. The Morgan fingerprint density at radius 1 is 1.23 bits per heavy atom. The molecule has 5 rings (SSSR count). The maximum absolute atomic E-state index is 11.5. The van der Waals surface area contributed by atoms with Crippen LogP contribution in [0, 0.1) is 5.92 Å². The van der Waals surface area contributed by atoms with Gasteiger partial charge in [0.05, 0.1) is 23.9 Å². The largest absolute Gasteiger partial charge is 0.494 e. The molecule has 3 heterocycles. The highest BCUT2D eigenvalue weighted by molar-refractivity contribution is 5.96. The van der Waals surface area contributed by atoms with Crippen molar-refractivity contribution in [1.29, 1.82) is 0 Å². The quantitative estimate of drug-likeness (QED) is 0.519. The number of imidazole rings is 1. The highest BCUT2D eigenvalue weighted by Crippen LogP contribution is 2.37. The van der Waals surface area contributed by atoms with Gasteiger partial charge in [0, 0.05) is 24.7 Å². The summed E-state index contributed by atoms with van der Waals surface area (Å²) >= 11 is 0. The standard InChI is InChI=1S/C23H24N4O3/c1-4-16-8-7-14-10-18(27(21(14)24-16)12-13-5-6-13)22-25-17-9-15(23(28)29)11-19(30-3)20(17)26(22)2/h7-11,13H,4-6,12H2,1-3H3,(H,28,29). The Hall–Kier alpha value is -3.35. The first-order valence-electron chi connectivity index (χ1n) is 10.3. The summed E-state index contributed by atoms with van der Waals surface area (Å²) in [5.74, 6) is 0.959. The van der Waals surface area contributed by atoms with E-state index in [-0.39, 0.29) is 5.56 Å². The summed E-state index contributed by atoms with van der Waals surface area (Å²) in [5.41, 5.74) is 4.60. The van der Waals surface area contributed by atoms with Crippen LogP contribution in [0.3, 0.4) is 0 Å². The normalized spacial score (nSPS) is 14.0. The van der Waals surface area contributed by atoms with Gasteiger partial charge in [-0.3, -0.25) is 0 Å². The number of carboxylic acid groups (broad SMARTS) is 1. The maximum Gasteiger partial charge on any atom is 0.335 e. The Morgan fingerprint density at radius 2 is 2.03 bits per heavy atom. The first-order chi connectivity index (χ1) is 14.5. The van der Waals surface area contributed by atoms with Crippen LogP contribution >= 0.6 is 0 Å². The number of aromatic carboxylic acids is 1. The smallest absolute Gasteiger partial charge is 0.335 e. The number of carboxylic acids is 1. The number of hydrogen-bond donors (Lipinski definition) is 1. The van der Waals surface area contributed by atoms with Gasteiger partial charge < -0.3 is 19.0 Å². The van der Waals surface area contributed by atoms with Crippen molar-refractivity contribution in [3.05, 3.63) is 41.6 Å². The van der Waals surface area contributed by atoms with Crippen molar-refractivity contribution in [2.24, 2.45) is 13.0 Å². The first-order valence-corrected chi connectivity index (χ1v) is 10.3. The molecule has 1 saturated carbocycles. The molecule has 0 spiro atoms. The van der Waals surface area contributed by atoms with E-state index in [1.54, 1.807) is 19.2 Å². The Bertz CT molecular complexity index is 1300. The zero-order valence-corrected chi connectivity index (χ0v) is 17.3. The molecule has 0 unspecified atom stereocenters. The number of rotatable bonds is 6. The lowest BCUT2D eigenvalue weighted by atomic mass is 10.2. The van der Waals surface area contributed by atoms with Crippen molar-refractivity contribution in [1.82, 2.24) is 19.1 Å². The zero-order valence-electron chi connectivity index (χ0n) is 17.3. The molecule has 0 bridgehead atoms. The number of aryl methyl sites for hydroxylation is 2. The summed E-state index contributed by atoms with van der Waals surface area (Å²) in [5, 5.41) is 10.5. The van der Waals surface area contributed by atoms with E-state index < -0.39 is 5.97 Å². The fourth-order valence-corrected chi connectivity index (χ4v) is 4.11. The number of fused-ring (bicyclic) bond motifs is 2. The minimum Gasteiger partial charge on any atom is -0.494 e. The van der Waals surface area contributed by atoms with Gasteiger partial charge in [0.1, 0.15) is 16.9 Å². The molecule has 1 fully saturated rings. The molecule has 4 aromatic rings. The van der Waals surface area contributed by atoms with E-state index in [0.717, 1.165) is 46.7 Å². The van der Waals surface area contributed by atoms with Gasteiger partial charge in [0.15, 0.2) is 5.82 Å². The molecule has 1 aliphatic carbocycles. The molecule has 0 radical (unpaired) electrons. The van der Waals surface area contributed by atoms with E-state index in [0.29, 0.717) is 17.2 Å². The van der Waals surface area contributed by atoms with E-state index in [2.05, 4.69) is 29.7 Å². The van der Waals surface area contributed by atoms with Gasteiger partial charge >= 0.3 is 5.97 Å². The van der Waals surface area contributed by atoms with Crippen LogP contribution in [0.4, 0.5) is 0 Å². The van der Waals surface area contributed by atoms with Crippen molar-refractivity contribution in [2.45, 2.75) is 32.7 Å². The lowest BCUT2D eigenvalue weighted by Crippen LogP contribution is -2.06. The predicted octanol–water partition coefficient (Wildman–Crippen LogP) is 4.27. The van der Waals surface area contributed by atoms with Crippen LogP contribution < -0.4 is 4.74 Å². The Balaban J connectivity index is 1.77. The van der Waals surface area contributed by atoms with E-state index in [9.17, 15) is 9.90 Å². The third kappa shape index (κ3) is 2.93. The molecule has 0 aliphatic heterocycles. The van der Waals surface area contributed by atoms with Crippen LogP contribution in [0.15, 0.2) is 30.3 Å². The van der Waals surface area contributed by atoms with Gasteiger partial charge in [-0.05, 0) is 55.5 Å². The monoisotopic (exact) mass is 404 g/mol. The minimum absolute atomic E-state index is 0.164. The lowest BCUT2D eigenvalue weighted by Gasteiger charge is -2.11. The summed E-state index contributed by atoms with van der Waals surface area (Å²) in [6.45, 7) is 3.03. The molecule has 0 atom stereocenters. The molecule has 1 N–H and O–H groups in total. The average Bonchev–Trinajstić information content (AvgIpc) is 3.42. The summed E-state index contributed by atoms with van der Waals surface area (Å²) < 4.78 is 9.76. The highest BCUT2D eigenvalue weighted by Gasteiger charge is 2.26. The van der Waals surface area contributed by atoms with E-state index in [1.807, 2.05) is 11.6 Å². The van der Waals surface area contributed by atoms with E-state index in [1.165, 1.54) is 12.8 Å². The molecule has 30 heavy (non-hydrogen) atoms. The van der Waals surface area contributed by atoms with Crippen LogP contribution in [0.1, 0.15) is 35.8 Å². The molecule has 1 aliphatic rings. The molecule has 0 amide bonds. The maximum atomic E-state index is 11.5. The molecule has 154 valence electrons. The Kier molecular flexibility index (Phi) is 4.27. The molecular formula is C23H24N4O3. The number of nitrogens with zero attached hydrogens (tertiary/aromatic N) is 4. The van der Waals surface area contributed by atoms with Crippen molar-refractivity contribution < 1.29 is 14.6 Å². The van der Waals surface area contributed by atoms with E-state index >= 15 is 0 Å². The van der Waals surface area contributed by atoms with Gasteiger partial charge in [-0.15, -0.1) is 0 Å². The summed E-state index contributed by atoms with van der Waals surface area (Å²) in [7, 11) is 3.49. The summed E-state index contributed by atoms with van der Waals surface area (Å²) in [4.78, 5) is 21.3. The lowest BCUT2D eigenvalue weighted by molar-refractivity contribution is 0.0696. The number of ether oxygens (including phenoxy) is 1. The Morgan fingerprint density at radius 3 is 2.70 bits per heavy atom. The van der Waals surface area contributed by atoms with Gasteiger partial charge in [-0.25, -0.2) is 14.8 Å². The topological polar surface area (TPSA) is 82.2 Å². The predicted molar refractivity (Wildman–Crippen MR) is 115 cm³/mol. The van der Waals surface area contributed by atoms with E-state index in [4.69, 9.17) is 14.7 Å². The number of aromatic nitrogens is 4. The van der Waals surface area contributed by atoms with Gasteiger partial charge in [-0.2, -0.15) is 0 Å². The van der Waals surface area contributed by atoms with Gasteiger partial charge in [0.25, 0.3) is 0 Å². The highest BCUT2D eigenvalue weighted by atomic mass is 16.5. The molecule has 7 nitrogen and oxygen atoms in total. The fourth-order valence-electron chi connectivity index (χ4n) is 4.11. The SMILES string of the molecule is CCc1ccc2cc(-c3nc4cc(C(=O)O)cc(OC)c4n3C)n(CC3CC3)c2n1. The van der Waals surface area contributed by atoms with Crippen LogP contribution in [0.5, 0.6) is 5.75 Å². The molecular weight excluding hydrogens is 380 g/mol. The Labute approximate surface area is 173 Å².